The third-order valence-electron chi connectivity index (χ3n) is 5.73. The van der Waals surface area contributed by atoms with Crippen molar-refractivity contribution in [1.29, 1.82) is 0 Å². The van der Waals surface area contributed by atoms with Crippen LogP contribution in [0.4, 0.5) is 0 Å². The van der Waals surface area contributed by atoms with Crippen molar-refractivity contribution < 1.29 is 40.7 Å². The Bertz CT molecular complexity index is 845. The Hall–Kier alpha value is -1.22. The van der Waals surface area contributed by atoms with Crippen LogP contribution in [0.15, 0.2) is 35.9 Å². The number of carboxylic acids is 1. The summed E-state index contributed by atoms with van der Waals surface area (Å²) in [5.41, 5.74) is 3.75. The van der Waals surface area contributed by atoms with Crippen LogP contribution >= 0.6 is 19.4 Å². The predicted molar refractivity (Wildman–Crippen MR) is 142 cm³/mol. The fourth-order valence-electron chi connectivity index (χ4n) is 4.10. The Morgan fingerprint density at radius 2 is 1.85 bits per heavy atom. The SMILES string of the molecule is C=C(C)[C@H]1CCC(C)=CC1c1c(O)cc(CCCCC)cc1OC(=O)CCC(=O)O.[I][Pt].[NH2-].[NH2-]. The van der Waals surface area contributed by atoms with Gasteiger partial charge in [-0.15, -0.1) is 0 Å². The number of hydrogen-bond acceptors (Lipinski definition) is 4. The summed E-state index contributed by atoms with van der Waals surface area (Å²) in [4.78, 5) is 23.1. The number of esters is 1. The fraction of sp³-hybridized carbons (Fsp3) is 0.520. The van der Waals surface area contributed by atoms with E-state index in [4.69, 9.17) is 9.84 Å². The maximum atomic E-state index is 12.3. The van der Waals surface area contributed by atoms with Crippen LogP contribution < -0.4 is 4.74 Å². The summed E-state index contributed by atoms with van der Waals surface area (Å²) in [5, 5.41) is 19.8. The van der Waals surface area contributed by atoms with E-state index in [-0.39, 0.29) is 42.7 Å². The summed E-state index contributed by atoms with van der Waals surface area (Å²) in [7, 11) is 0. The number of ether oxygens (including phenoxy) is 1. The zero-order valence-electron chi connectivity index (χ0n) is 20.2. The van der Waals surface area contributed by atoms with Crippen LogP contribution in [0.25, 0.3) is 12.3 Å². The van der Waals surface area contributed by atoms with E-state index in [9.17, 15) is 14.7 Å². The summed E-state index contributed by atoms with van der Waals surface area (Å²) < 4.78 is 5.62. The van der Waals surface area contributed by atoms with Crippen LogP contribution in [-0.4, -0.2) is 22.2 Å². The van der Waals surface area contributed by atoms with Gasteiger partial charge in [0.15, 0.2) is 0 Å². The van der Waals surface area contributed by atoms with Crippen LogP contribution in [0.2, 0.25) is 0 Å². The van der Waals surface area contributed by atoms with Crippen molar-refractivity contribution >= 4 is 31.3 Å². The molecule has 9 heteroatoms. The molecule has 0 fully saturated rings. The molecule has 2 atom stereocenters. The summed E-state index contributed by atoms with van der Waals surface area (Å²) in [6.07, 6.45) is 7.47. The van der Waals surface area contributed by atoms with E-state index in [2.05, 4.69) is 62.0 Å². The Labute approximate surface area is 225 Å². The number of unbranched alkanes of at least 4 members (excludes halogenated alkanes) is 2. The van der Waals surface area contributed by atoms with Crippen LogP contribution in [-0.2, 0) is 32.1 Å². The first-order valence-corrected chi connectivity index (χ1v) is 17.4. The molecule has 1 aliphatic rings. The molecule has 1 aromatic rings. The first-order valence-electron chi connectivity index (χ1n) is 11.0. The van der Waals surface area contributed by atoms with Gasteiger partial charge < -0.3 is 27.3 Å². The average molecular weight is 769 g/mol. The van der Waals surface area contributed by atoms with Crippen molar-refractivity contribution in [3.63, 3.8) is 0 Å². The Balaban J connectivity index is 0. The van der Waals surface area contributed by atoms with Crippen molar-refractivity contribution in [2.24, 2.45) is 5.92 Å². The summed E-state index contributed by atoms with van der Waals surface area (Å²) in [5.74, 6) is -1.19. The number of carbonyl (C=O) groups excluding carboxylic acids is 1. The van der Waals surface area contributed by atoms with E-state index >= 15 is 0 Å². The number of carboxylic acid groups (broad SMARTS) is 1. The molecule has 6 N–H and O–H groups in total. The van der Waals surface area contributed by atoms with Gasteiger partial charge in [-0.05, 0) is 63.1 Å². The smallest absolute Gasteiger partial charge is 0.693 e. The molecule has 0 heterocycles. The average Bonchev–Trinajstić information content (AvgIpc) is 2.73. The van der Waals surface area contributed by atoms with E-state index in [1.807, 2.05) is 13.0 Å². The van der Waals surface area contributed by atoms with Gasteiger partial charge >= 0.3 is 47.4 Å². The van der Waals surface area contributed by atoms with Gasteiger partial charge in [-0.25, -0.2) is 0 Å². The molecule has 1 aliphatic carbocycles. The third-order valence-corrected chi connectivity index (χ3v) is 5.73. The maximum Gasteiger partial charge on any atom is -0.693 e. The van der Waals surface area contributed by atoms with E-state index < -0.39 is 11.9 Å². The van der Waals surface area contributed by atoms with Gasteiger partial charge in [0.25, 0.3) is 0 Å². The predicted octanol–water partition coefficient (Wildman–Crippen LogP) is 8.23. The number of carbonyl (C=O) groups is 2. The number of nitrogens with two attached hydrogens (primary N) is 2. The molecular weight excluding hydrogens is 730 g/mol. The fourth-order valence-corrected chi connectivity index (χ4v) is 4.10. The summed E-state index contributed by atoms with van der Waals surface area (Å²) >= 11 is 4.23. The van der Waals surface area contributed by atoms with Crippen LogP contribution in [0.3, 0.4) is 0 Å². The topological polar surface area (TPSA) is 151 Å². The van der Waals surface area contributed by atoms with Crippen LogP contribution in [0.1, 0.15) is 82.8 Å². The number of phenols is 1. The first-order chi connectivity index (χ1) is 15.2. The largest absolute Gasteiger partial charge is 0.693 e. The number of phenolic OH excluding ortho intramolecular Hbond substituents is 1. The zero-order chi connectivity index (χ0) is 24.3. The number of allylic oxidation sites excluding steroid dienone is 3. The molecule has 0 saturated heterocycles. The minimum atomic E-state index is -1.04. The molecule has 1 aromatic carbocycles. The molecule has 0 saturated carbocycles. The minimum absolute atomic E-state index is 0. The number of benzene rings is 1. The normalized spacial score (nSPS) is 16.6. The van der Waals surface area contributed by atoms with Gasteiger partial charge in [0, 0.05) is 11.5 Å². The Kier molecular flexibility index (Phi) is 18.6. The molecule has 0 radical (unpaired) electrons. The quantitative estimate of drug-likeness (QED) is 0.0809. The van der Waals surface area contributed by atoms with Crippen LogP contribution in [0.5, 0.6) is 11.5 Å². The van der Waals surface area contributed by atoms with Gasteiger partial charge in [0.2, 0.25) is 0 Å². The van der Waals surface area contributed by atoms with Crippen molar-refractivity contribution in [2.45, 2.75) is 78.1 Å². The molecule has 0 amide bonds. The van der Waals surface area contributed by atoms with Crippen molar-refractivity contribution in [3.8, 4) is 11.5 Å². The Morgan fingerprint density at radius 1 is 1.21 bits per heavy atom. The number of rotatable bonds is 10. The number of aliphatic carboxylic acids is 1. The molecule has 1 unspecified atom stereocenters. The standard InChI is InChI=1S/C25H34O5.HI.2H2N.Pt/c1-5-6-7-8-18-14-21(26)25(20-13-17(4)9-10-19(20)16(2)3)22(15-18)30-24(29)12-11-23(27)28;;;;/h13-15,19-20,26H,2,5-12H2,1,3-4H3,(H,27,28);1H;2*1H2;/q;;2*-1;+1/p-1/t19-,20?;;;;/m1..../s1. The summed E-state index contributed by atoms with van der Waals surface area (Å²) in [6, 6.07) is 3.60. The van der Waals surface area contributed by atoms with Gasteiger partial charge in [0.1, 0.15) is 11.5 Å². The molecule has 197 valence electrons. The van der Waals surface area contributed by atoms with Crippen molar-refractivity contribution in [3.05, 3.63) is 59.4 Å². The van der Waals surface area contributed by atoms with Gasteiger partial charge in [-0.2, -0.15) is 0 Å². The van der Waals surface area contributed by atoms with Crippen molar-refractivity contribution in [2.75, 3.05) is 0 Å². The van der Waals surface area contributed by atoms with E-state index in [1.165, 1.54) is 5.57 Å². The molecule has 2 rings (SSSR count). The Morgan fingerprint density at radius 3 is 2.41 bits per heavy atom. The molecule has 0 bridgehead atoms. The number of aryl methyl sites for hydroxylation is 1. The molecule has 0 aromatic heterocycles. The molecule has 0 spiro atoms. The first kappa shape index (κ1) is 34.9. The second-order valence-electron chi connectivity index (χ2n) is 8.38. The van der Waals surface area contributed by atoms with Gasteiger partial charge in [-0.3, -0.25) is 9.59 Å². The second kappa shape index (κ2) is 18.1. The molecular formula is C25H38IN2O5Pt-2. The zero-order valence-corrected chi connectivity index (χ0v) is 24.6. The number of halogens is 1. The van der Waals surface area contributed by atoms with Gasteiger partial charge in [0.05, 0.1) is 12.8 Å². The molecule has 7 nitrogen and oxygen atoms in total. The second-order valence-corrected chi connectivity index (χ2v) is 8.38. The van der Waals surface area contributed by atoms with Crippen LogP contribution in [0, 0.1) is 5.92 Å². The van der Waals surface area contributed by atoms with E-state index in [0.29, 0.717) is 11.3 Å². The van der Waals surface area contributed by atoms with Crippen molar-refractivity contribution in [1.82, 2.24) is 0 Å². The third kappa shape index (κ3) is 11.0. The minimum Gasteiger partial charge on any atom is -0.693 e. The monoisotopic (exact) mass is 768 g/mol. The maximum absolute atomic E-state index is 12.3. The summed E-state index contributed by atoms with van der Waals surface area (Å²) in [6.45, 7) is 10.3. The molecule has 0 aliphatic heterocycles. The number of aromatic hydroxyl groups is 1. The van der Waals surface area contributed by atoms with E-state index in [1.54, 1.807) is 6.07 Å². The molecule has 34 heavy (non-hydrogen) atoms. The van der Waals surface area contributed by atoms with E-state index in [0.717, 1.165) is 49.7 Å². The number of hydrogen-bond donors (Lipinski definition) is 2. The van der Waals surface area contributed by atoms with Gasteiger partial charge in [-0.1, -0.05) is 43.6 Å².